The lowest BCUT2D eigenvalue weighted by molar-refractivity contribution is -0.384. The second-order valence-electron chi connectivity index (χ2n) is 3.96. The Balaban J connectivity index is 2.51. The van der Waals surface area contributed by atoms with Gasteiger partial charge in [-0.05, 0) is 34.5 Å². The maximum atomic E-state index is 13.9. The zero-order valence-corrected chi connectivity index (χ0v) is 11.7. The first-order chi connectivity index (χ1) is 9.40. The third-order valence-electron chi connectivity index (χ3n) is 2.56. The number of hydrogen-bond donors (Lipinski definition) is 1. The maximum Gasteiger partial charge on any atom is 0.312 e. The minimum Gasteiger partial charge on any atom is -0.330 e. The van der Waals surface area contributed by atoms with Crippen molar-refractivity contribution >= 4 is 33.1 Å². The van der Waals surface area contributed by atoms with Crippen LogP contribution >= 0.6 is 15.9 Å². The van der Waals surface area contributed by atoms with E-state index < -0.39 is 22.2 Å². The second kappa shape index (κ2) is 5.49. The van der Waals surface area contributed by atoms with Gasteiger partial charge in [0.05, 0.1) is 4.92 Å². The highest BCUT2D eigenvalue weighted by Gasteiger charge is 2.19. The topological polar surface area (TPSA) is 68.1 Å². The molecule has 5 nitrogen and oxygen atoms in total. The van der Waals surface area contributed by atoms with Crippen molar-refractivity contribution in [3.8, 4) is 0 Å². The summed E-state index contributed by atoms with van der Waals surface area (Å²) in [5.74, 6) is -1.90. The molecule has 0 atom stereocenters. The minimum atomic E-state index is -0.855. The van der Waals surface area contributed by atoms with Crippen LogP contribution in [0.1, 0.15) is 5.56 Å². The fourth-order valence-electron chi connectivity index (χ4n) is 1.55. The molecule has 1 heterocycles. The monoisotopic (exact) mass is 343 g/mol. The number of nitrogens with one attached hydrogen (secondary N) is 1. The number of aryl methyl sites for hydroxylation is 1. The molecule has 1 aromatic heterocycles. The molecule has 0 saturated heterocycles. The number of rotatable bonds is 3. The first kappa shape index (κ1) is 14.3. The fraction of sp³-hybridized carbons (Fsp3) is 0.0833. The summed E-state index contributed by atoms with van der Waals surface area (Å²) < 4.78 is 27.9. The van der Waals surface area contributed by atoms with E-state index in [0.29, 0.717) is 4.47 Å². The van der Waals surface area contributed by atoms with Crippen LogP contribution in [0.4, 0.5) is 26.0 Å². The molecule has 2 rings (SSSR count). The lowest BCUT2D eigenvalue weighted by Gasteiger charge is -2.10. The van der Waals surface area contributed by atoms with E-state index in [0.717, 1.165) is 6.07 Å². The van der Waals surface area contributed by atoms with Crippen LogP contribution in [0.5, 0.6) is 0 Å². The minimum absolute atomic E-state index is 0.216. The van der Waals surface area contributed by atoms with Crippen molar-refractivity contribution in [3.05, 3.63) is 56.2 Å². The first-order valence-corrected chi connectivity index (χ1v) is 6.21. The molecule has 0 radical (unpaired) electrons. The zero-order valence-electron chi connectivity index (χ0n) is 10.2. The predicted octanol–water partition coefficient (Wildman–Crippen LogP) is 4.08. The quantitative estimate of drug-likeness (QED) is 0.673. The van der Waals surface area contributed by atoms with Gasteiger partial charge in [0, 0.05) is 16.7 Å². The number of pyridine rings is 1. The van der Waals surface area contributed by atoms with Crippen LogP contribution in [0.2, 0.25) is 0 Å². The largest absolute Gasteiger partial charge is 0.330 e. The number of nitrogens with zero attached hydrogens (tertiary/aromatic N) is 2. The Morgan fingerprint density at radius 3 is 2.75 bits per heavy atom. The Bertz CT molecular complexity index is 695. The molecule has 1 aromatic carbocycles. The van der Waals surface area contributed by atoms with E-state index in [4.69, 9.17) is 0 Å². The van der Waals surface area contributed by atoms with Crippen molar-refractivity contribution < 1.29 is 13.7 Å². The molecule has 1 N–H and O–H groups in total. The van der Waals surface area contributed by atoms with Crippen LogP contribution in [0.25, 0.3) is 0 Å². The van der Waals surface area contributed by atoms with Crippen LogP contribution in [0.15, 0.2) is 28.9 Å². The standard InChI is InChI=1S/C12H8BrF2N3O2/c1-6-2-3-8(14)11(10(6)15)17-12-9(18(19)20)4-7(13)5-16-12/h2-5H,1H3,(H,16,17). The van der Waals surface area contributed by atoms with Gasteiger partial charge in [-0.3, -0.25) is 10.1 Å². The molecular formula is C12H8BrF2N3O2. The average molecular weight is 344 g/mol. The van der Waals surface area contributed by atoms with E-state index in [1.165, 1.54) is 25.3 Å². The van der Waals surface area contributed by atoms with Crippen LogP contribution < -0.4 is 5.32 Å². The molecule has 20 heavy (non-hydrogen) atoms. The molecule has 0 aliphatic carbocycles. The van der Waals surface area contributed by atoms with E-state index >= 15 is 0 Å². The smallest absolute Gasteiger partial charge is 0.312 e. The summed E-state index contributed by atoms with van der Waals surface area (Å²) in [5.41, 5.74) is -0.642. The average Bonchev–Trinajstić information content (AvgIpc) is 2.40. The summed E-state index contributed by atoms with van der Waals surface area (Å²) >= 11 is 3.05. The number of anilines is 2. The van der Waals surface area contributed by atoms with Crippen molar-refractivity contribution in [2.24, 2.45) is 0 Å². The third kappa shape index (κ3) is 2.74. The van der Waals surface area contributed by atoms with Crippen molar-refractivity contribution in [2.75, 3.05) is 5.32 Å². The molecule has 104 valence electrons. The summed E-state index contributed by atoms with van der Waals surface area (Å²) in [4.78, 5) is 14.0. The van der Waals surface area contributed by atoms with Crippen LogP contribution in [-0.2, 0) is 0 Å². The van der Waals surface area contributed by atoms with Crippen LogP contribution in [-0.4, -0.2) is 9.91 Å². The van der Waals surface area contributed by atoms with Crippen LogP contribution in [0.3, 0.4) is 0 Å². The van der Waals surface area contributed by atoms with Gasteiger partial charge in [0.2, 0.25) is 5.82 Å². The van der Waals surface area contributed by atoms with E-state index in [-0.39, 0.29) is 17.1 Å². The summed E-state index contributed by atoms with van der Waals surface area (Å²) in [6, 6.07) is 3.55. The van der Waals surface area contributed by atoms with E-state index in [1.54, 1.807) is 0 Å². The van der Waals surface area contributed by atoms with Gasteiger partial charge in [0.15, 0.2) is 5.82 Å². The highest BCUT2D eigenvalue weighted by atomic mass is 79.9. The Hall–Kier alpha value is -2.09. The van der Waals surface area contributed by atoms with E-state index in [1.807, 2.05) is 0 Å². The molecule has 2 aromatic rings. The molecule has 0 spiro atoms. The van der Waals surface area contributed by atoms with E-state index in [9.17, 15) is 18.9 Å². The second-order valence-corrected chi connectivity index (χ2v) is 4.87. The van der Waals surface area contributed by atoms with E-state index in [2.05, 4.69) is 26.2 Å². The number of aromatic nitrogens is 1. The molecule has 0 unspecified atom stereocenters. The molecule has 0 bridgehead atoms. The summed E-state index contributed by atoms with van der Waals surface area (Å²) in [5, 5.41) is 13.3. The fourth-order valence-corrected chi connectivity index (χ4v) is 1.87. The summed E-state index contributed by atoms with van der Waals surface area (Å²) in [6.45, 7) is 1.46. The molecule has 0 fully saturated rings. The number of halogens is 3. The lowest BCUT2D eigenvalue weighted by Crippen LogP contribution is -2.04. The number of hydrogen-bond acceptors (Lipinski definition) is 4. The molecule has 0 aliphatic rings. The van der Waals surface area contributed by atoms with Gasteiger partial charge < -0.3 is 5.32 Å². The molecule has 0 saturated carbocycles. The van der Waals surface area contributed by atoms with Gasteiger partial charge in [0.1, 0.15) is 11.5 Å². The summed E-state index contributed by atoms with van der Waals surface area (Å²) in [7, 11) is 0. The molecule has 0 amide bonds. The zero-order chi connectivity index (χ0) is 14.9. The van der Waals surface area contributed by atoms with Gasteiger partial charge in [-0.15, -0.1) is 0 Å². The SMILES string of the molecule is Cc1ccc(F)c(Nc2ncc(Br)cc2[N+](=O)[O-])c1F. The molecule has 8 heteroatoms. The van der Waals surface area contributed by atoms with Crippen molar-refractivity contribution in [3.63, 3.8) is 0 Å². The van der Waals surface area contributed by atoms with Gasteiger partial charge in [-0.2, -0.15) is 0 Å². The molecular weight excluding hydrogens is 336 g/mol. The lowest BCUT2D eigenvalue weighted by atomic mass is 10.2. The molecule has 0 aliphatic heterocycles. The van der Waals surface area contributed by atoms with Crippen LogP contribution in [0, 0.1) is 28.7 Å². The van der Waals surface area contributed by atoms with Crippen molar-refractivity contribution in [2.45, 2.75) is 6.92 Å². The highest BCUT2D eigenvalue weighted by molar-refractivity contribution is 9.10. The predicted molar refractivity (Wildman–Crippen MR) is 73.0 cm³/mol. The number of benzene rings is 1. The highest BCUT2D eigenvalue weighted by Crippen LogP contribution is 2.31. The number of nitro groups is 1. The van der Waals surface area contributed by atoms with Gasteiger partial charge >= 0.3 is 5.69 Å². The third-order valence-corrected chi connectivity index (χ3v) is 2.99. The summed E-state index contributed by atoms with van der Waals surface area (Å²) in [6.07, 6.45) is 1.29. The first-order valence-electron chi connectivity index (χ1n) is 5.41. The normalized spacial score (nSPS) is 10.4. The van der Waals surface area contributed by atoms with Gasteiger partial charge in [0.25, 0.3) is 0 Å². The Morgan fingerprint density at radius 1 is 1.40 bits per heavy atom. The maximum absolute atomic E-state index is 13.9. The van der Waals surface area contributed by atoms with Crippen molar-refractivity contribution in [1.29, 1.82) is 0 Å². The Labute approximate surface area is 120 Å². The Kier molecular flexibility index (Phi) is 3.93. The van der Waals surface area contributed by atoms with Crippen molar-refractivity contribution in [1.82, 2.24) is 4.98 Å². The van der Waals surface area contributed by atoms with Gasteiger partial charge in [-0.25, -0.2) is 13.8 Å². The Morgan fingerprint density at radius 2 is 2.10 bits per heavy atom. The van der Waals surface area contributed by atoms with Gasteiger partial charge in [-0.1, -0.05) is 6.07 Å².